The topological polar surface area (TPSA) is 43.6 Å². The Balaban J connectivity index is 2.29. The van der Waals surface area contributed by atoms with Gasteiger partial charge in [-0.25, -0.2) is 15.0 Å². The zero-order valence-electron chi connectivity index (χ0n) is 10.8. The van der Waals surface area contributed by atoms with Crippen molar-refractivity contribution in [1.29, 1.82) is 0 Å². The summed E-state index contributed by atoms with van der Waals surface area (Å²) in [5.41, 5.74) is 1.77. The Bertz CT molecular complexity index is 800. The summed E-state index contributed by atoms with van der Waals surface area (Å²) in [6, 6.07) is 7.31. The standard InChI is InChI=1S/C13H10Cl2N4S/c1-7-16-9-5-8(14)3-4-10(9)19(7)12-6-11(15)17-13(18-12)20-2/h3-6H,1-2H3. The van der Waals surface area contributed by atoms with Crippen LogP contribution in [0.5, 0.6) is 0 Å². The van der Waals surface area contributed by atoms with E-state index in [0.717, 1.165) is 16.9 Å². The molecular formula is C13H10Cl2N4S. The van der Waals surface area contributed by atoms with Gasteiger partial charge < -0.3 is 0 Å². The van der Waals surface area contributed by atoms with Crippen LogP contribution in [0.25, 0.3) is 16.9 Å². The minimum absolute atomic E-state index is 0.412. The largest absolute Gasteiger partial charge is 0.280 e. The molecule has 0 aliphatic carbocycles. The van der Waals surface area contributed by atoms with Crippen LogP contribution in [0.4, 0.5) is 0 Å². The van der Waals surface area contributed by atoms with Crippen molar-refractivity contribution in [2.45, 2.75) is 12.1 Å². The second kappa shape index (κ2) is 5.24. The van der Waals surface area contributed by atoms with E-state index in [0.29, 0.717) is 21.2 Å². The van der Waals surface area contributed by atoms with Gasteiger partial charge in [0.05, 0.1) is 11.0 Å². The molecule has 0 radical (unpaired) electrons. The number of aryl methyl sites for hydroxylation is 1. The number of nitrogens with zero attached hydrogens (tertiary/aromatic N) is 4. The first kappa shape index (κ1) is 13.7. The van der Waals surface area contributed by atoms with E-state index in [9.17, 15) is 0 Å². The molecule has 0 N–H and O–H groups in total. The lowest BCUT2D eigenvalue weighted by atomic mass is 10.3. The zero-order valence-corrected chi connectivity index (χ0v) is 13.1. The number of thioether (sulfide) groups is 1. The van der Waals surface area contributed by atoms with Crippen LogP contribution in [0.1, 0.15) is 5.82 Å². The first-order valence-electron chi connectivity index (χ1n) is 5.82. The van der Waals surface area contributed by atoms with Gasteiger partial charge in [0, 0.05) is 11.1 Å². The van der Waals surface area contributed by atoms with Crippen molar-refractivity contribution in [2.75, 3.05) is 6.26 Å². The number of hydrogen-bond donors (Lipinski definition) is 0. The van der Waals surface area contributed by atoms with E-state index in [2.05, 4.69) is 15.0 Å². The summed E-state index contributed by atoms with van der Waals surface area (Å²) >= 11 is 13.5. The minimum atomic E-state index is 0.412. The van der Waals surface area contributed by atoms with Crippen LogP contribution in [0, 0.1) is 6.92 Å². The molecule has 0 saturated carbocycles. The van der Waals surface area contributed by atoms with Crippen molar-refractivity contribution in [3.8, 4) is 5.82 Å². The van der Waals surface area contributed by atoms with Crippen LogP contribution in [0.2, 0.25) is 10.2 Å². The van der Waals surface area contributed by atoms with E-state index in [4.69, 9.17) is 23.2 Å². The molecule has 2 heterocycles. The molecule has 0 aliphatic rings. The molecule has 0 aliphatic heterocycles. The Morgan fingerprint density at radius 3 is 2.65 bits per heavy atom. The van der Waals surface area contributed by atoms with Gasteiger partial charge in [0.2, 0.25) is 0 Å². The minimum Gasteiger partial charge on any atom is -0.280 e. The number of aromatic nitrogens is 4. The van der Waals surface area contributed by atoms with Crippen molar-refractivity contribution in [3.05, 3.63) is 40.3 Å². The third-order valence-corrected chi connectivity index (χ3v) is 3.83. The number of imidazole rings is 1. The Morgan fingerprint density at radius 2 is 1.90 bits per heavy atom. The van der Waals surface area contributed by atoms with Gasteiger partial charge >= 0.3 is 0 Å². The maximum atomic E-state index is 6.06. The molecule has 0 amide bonds. The first-order valence-corrected chi connectivity index (χ1v) is 7.80. The first-order chi connectivity index (χ1) is 9.58. The maximum absolute atomic E-state index is 6.06. The number of fused-ring (bicyclic) bond motifs is 1. The van der Waals surface area contributed by atoms with Gasteiger partial charge in [0.1, 0.15) is 16.8 Å². The Morgan fingerprint density at radius 1 is 1.10 bits per heavy atom. The van der Waals surface area contributed by atoms with Gasteiger partial charge in [0.25, 0.3) is 0 Å². The van der Waals surface area contributed by atoms with E-state index in [1.807, 2.05) is 35.9 Å². The van der Waals surface area contributed by atoms with Crippen LogP contribution < -0.4 is 0 Å². The van der Waals surface area contributed by atoms with E-state index in [1.165, 1.54) is 11.8 Å². The van der Waals surface area contributed by atoms with Gasteiger partial charge in [-0.3, -0.25) is 4.57 Å². The van der Waals surface area contributed by atoms with Gasteiger partial charge in [-0.2, -0.15) is 0 Å². The average Bonchev–Trinajstić information content (AvgIpc) is 2.72. The lowest BCUT2D eigenvalue weighted by Gasteiger charge is -2.07. The molecule has 0 bridgehead atoms. The fourth-order valence-corrected chi connectivity index (χ4v) is 2.82. The average molecular weight is 325 g/mol. The molecule has 2 aromatic heterocycles. The monoisotopic (exact) mass is 324 g/mol. The Labute approximate surface area is 130 Å². The second-order valence-corrected chi connectivity index (χ2v) is 5.76. The summed E-state index contributed by atoms with van der Waals surface area (Å²) in [5.74, 6) is 1.53. The van der Waals surface area contributed by atoms with Gasteiger partial charge in [0.15, 0.2) is 5.16 Å². The molecule has 3 aromatic rings. The summed E-state index contributed by atoms with van der Waals surface area (Å²) in [6.45, 7) is 1.92. The molecule has 7 heteroatoms. The third kappa shape index (κ3) is 2.37. The lowest BCUT2D eigenvalue weighted by Crippen LogP contribution is -2.02. The third-order valence-electron chi connectivity index (χ3n) is 2.86. The molecule has 0 atom stereocenters. The van der Waals surface area contributed by atoms with E-state index < -0.39 is 0 Å². The molecule has 0 spiro atoms. The van der Waals surface area contributed by atoms with E-state index in [1.54, 1.807) is 6.07 Å². The van der Waals surface area contributed by atoms with Crippen LogP contribution >= 0.6 is 35.0 Å². The maximum Gasteiger partial charge on any atom is 0.190 e. The molecule has 20 heavy (non-hydrogen) atoms. The lowest BCUT2D eigenvalue weighted by molar-refractivity contribution is 0.879. The molecule has 0 fully saturated rings. The fourth-order valence-electron chi connectivity index (χ4n) is 2.05. The molecule has 4 nitrogen and oxygen atoms in total. The smallest absolute Gasteiger partial charge is 0.190 e. The zero-order chi connectivity index (χ0) is 14.3. The molecule has 3 rings (SSSR count). The number of halogens is 2. The molecule has 1 aromatic carbocycles. The molecule has 0 saturated heterocycles. The van der Waals surface area contributed by atoms with E-state index >= 15 is 0 Å². The van der Waals surface area contributed by atoms with Crippen molar-refractivity contribution < 1.29 is 0 Å². The highest BCUT2D eigenvalue weighted by molar-refractivity contribution is 7.98. The molecular weight excluding hydrogens is 315 g/mol. The summed E-state index contributed by atoms with van der Waals surface area (Å²) < 4.78 is 1.94. The number of rotatable bonds is 2. The molecule has 102 valence electrons. The molecule has 0 unspecified atom stereocenters. The quantitative estimate of drug-likeness (QED) is 0.403. The highest BCUT2D eigenvalue weighted by Crippen LogP contribution is 2.25. The summed E-state index contributed by atoms with van der Waals surface area (Å²) in [6.07, 6.45) is 1.91. The highest BCUT2D eigenvalue weighted by atomic mass is 35.5. The number of hydrogen-bond acceptors (Lipinski definition) is 4. The van der Waals surface area contributed by atoms with Crippen molar-refractivity contribution >= 4 is 46.0 Å². The summed E-state index contributed by atoms with van der Waals surface area (Å²) in [7, 11) is 0. The van der Waals surface area contributed by atoms with Crippen LogP contribution in [0.15, 0.2) is 29.4 Å². The predicted molar refractivity (Wildman–Crippen MR) is 83.2 cm³/mol. The Kier molecular flexibility index (Phi) is 3.58. The normalized spacial score (nSPS) is 11.2. The Hall–Kier alpha value is -1.30. The van der Waals surface area contributed by atoms with Crippen LogP contribution in [0.3, 0.4) is 0 Å². The predicted octanol–water partition coefficient (Wildman–Crippen LogP) is 4.15. The van der Waals surface area contributed by atoms with Gasteiger partial charge in [-0.1, -0.05) is 35.0 Å². The second-order valence-electron chi connectivity index (χ2n) is 4.16. The van der Waals surface area contributed by atoms with Crippen LogP contribution in [-0.2, 0) is 0 Å². The van der Waals surface area contributed by atoms with Gasteiger partial charge in [-0.15, -0.1) is 0 Å². The highest BCUT2D eigenvalue weighted by Gasteiger charge is 2.12. The van der Waals surface area contributed by atoms with Crippen LogP contribution in [-0.4, -0.2) is 25.8 Å². The number of benzene rings is 1. The van der Waals surface area contributed by atoms with Crippen molar-refractivity contribution in [3.63, 3.8) is 0 Å². The van der Waals surface area contributed by atoms with Crippen molar-refractivity contribution in [2.24, 2.45) is 0 Å². The summed E-state index contributed by atoms with van der Waals surface area (Å²) in [5, 5.41) is 1.70. The SMILES string of the molecule is CSc1nc(Cl)cc(-n2c(C)nc3cc(Cl)ccc32)n1. The van der Waals surface area contributed by atoms with E-state index in [-0.39, 0.29) is 0 Å². The van der Waals surface area contributed by atoms with Crippen molar-refractivity contribution in [1.82, 2.24) is 19.5 Å². The van der Waals surface area contributed by atoms with Gasteiger partial charge in [-0.05, 0) is 31.4 Å². The summed E-state index contributed by atoms with van der Waals surface area (Å²) in [4.78, 5) is 13.1. The fraction of sp³-hybridized carbons (Fsp3) is 0.154.